The molecule has 0 aliphatic rings. The zero-order chi connectivity index (χ0) is 11.3. The molecule has 0 radical (unpaired) electrons. The molecule has 0 saturated carbocycles. The average molecular weight is 272 g/mol. The minimum atomic E-state index is -0.769. The highest BCUT2D eigenvalue weighted by atomic mass is 79.9. The molecule has 0 heterocycles. The quantitative estimate of drug-likeness (QED) is 0.866. The molecule has 1 atom stereocenters. The molecule has 0 aliphatic carbocycles. The first kappa shape index (κ1) is 12.2. The maximum absolute atomic E-state index is 10.3. The second-order valence-corrected chi connectivity index (χ2v) is 4.27. The number of benzene rings is 1. The Kier molecular flexibility index (Phi) is 4.78. The van der Waals surface area contributed by atoms with Crippen molar-refractivity contribution in [2.45, 2.75) is 25.3 Å². The Hall–Kier alpha value is -0.870. The van der Waals surface area contributed by atoms with Crippen LogP contribution < -0.4 is 5.73 Å². The molecule has 1 rings (SSSR count). The van der Waals surface area contributed by atoms with Gasteiger partial charge in [0.05, 0.1) is 0 Å². The highest BCUT2D eigenvalue weighted by Crippen LogP contribution is 2.24. The van der Waals surface area contributed by atoms with Crippen LogP contribution in [0.15, 0.2) is 28.7 Å². The first-order chi connectivity index (χ1) is 7.11. The van der Waals surface area contributed by atoms with Crippen molar-refractivity contribution in [2.75, 3.05) is 0 Å². The van der Waals surface area contributed by atoms with Gasteiger partial charge in [0, 0.05) is 16.9 Å². The number of hydrogen-bond acceptors (Lipinski definition) is 2. The third-order valence-electron chi connectivity index (χ3n) is 2.21. The highest BCUT2D eigenvalue weighted by molar-refractivity contribution is 9.10. The Morgan fingerprint density at radius 1 is 1.47 bits per heavy atom. The van der Waals surface area contributed by atoms with Crippen LogP contribution in [-0.2, 0) is 4.79 Å². The van der Waals surface area contributed by atoms with Gasteiger partial charge in [0.15, 0.2) is 0 Å². The van der Waals surface area contributed by atoms with E-state index in [9.17, 15) is 4.79 Å². The normalized spacial score (nSPS) is 12.4. The van der Waals surface area contributed by atoms with Crippen molar-refractivity contribution in [3.63, 3.8) is 0 Å². The Labute approximate surface area is 97.4 Å². The molecule has 3 N–H and O–H groups in total. The maximum Gasteiger partial charge on any atom is 0.303 e. The smallest absolute Gasteiger partial charge is 0.303 e. The average Bonchev–Trinajstić information content (AvgIpc) is 2.17. The Morgan fingerprint density at radius 2 is 2.13 bits per heavy atom. The van der Waals surface area contributed by atoms with Gasteiger partial charge in [0.2, 0.25) is 0 Å². The van der Waals surface area contributed by atoms with Crippen molar-refractivity contribution in [3.8, 4) is 0 Å². The molecule has 0 spiro atoms. The van der Waals surface area contributed by atoms with Gasteiger partial charge in [-0.15, -0.1) is 0 Å². The van der Waals surface area contributed by atoms with Crippen LogP contribution in [0.1, 0.15) is 30.9 Å². The number of carboxylic acid groups (broad SMARTS) is 1. The van der Waals surface area contributed by atoms with Gasteiger partial charge in [-0.3, -0.25) is 4.79 Å². The van der Waals surface area contributed by atoms with E-state index < -0.39 is 5.97 Å². The van der Waals surface area contributed by atoms with Gasteiger partial charge in [-0.25, -0.2) is 0 Å². The maximum atomic E-state index is 10.3. The summed E-state index contributed by atoms with van der Waals surface area (Å²) in [6.07, 6.45) is 1.48. The number of hydrogen-bond donors (Lipinski definition) is 2. The molecule has 1 aromatic carbocycles. The monoisotopic (exact) mass is 271 g/mol. The fourth-order valence-electron chi connectivity index (χ4n) is 1.40. The summed E-state index contributed by atoms with van der Waals surface area (Å²) in [5.41, 5.74) is 6.99. The summed E-state index contributed by atoms with van der Waals surface area (Å²) >= 11 is 3.42. The molecule has 3 nitrogen and oxygen atoms in total. The summed E-state index contributed by atoms with van der Waals surface area (Å²) in [6.45, 7) is 0. The molecular weight excluding hydrogens is 258 g/mol. The number of halogens is 1. The fourth-order valence-corrected chi connectivity index (χ4v) is 1.98. The Bertz CT molecular complexity index is 341. The summed E-state index contributed by atoms with van der Waals surface area (Å²) in [5, 5.41) is 8.50. The summed E-state index contributed by atoms with van der Waals surface area (Å²) in [5.74, 6) is -0.769. The minimum absolute atomic E-state index is 0.0973. The van der Waals surface area contributed by atoms with E-state index in [1.54, 1.807) is 0 Å². The predicted molar refractivity (Wildman–Crippen MR) is 62.6 cm³/mol. The van der Waals surface area contributed by atoms with Crippen LogP contribution in [0, 0.1) is 0 Å². The molecule has 0 aromatic heterocycles. The molecule has 4 heteroatoms. The van der Waals surface area contributed by atoms with Crippen molar-refractivity contribution in [1.29, 1.82) is 0 Å². The zero-order valence-electron chi connectivity index (χ0n) is 8.32. The van der Waals surface area contributed by atoms with Gasteiger partial charge in [0.25, 0.3) is 0 Å². The Morgan fingerprint density at radius 3 is 2.73 bits per heavy atom. The minimum Gasteiger partial charge on any atom is -0.481 e. The molecular formula is C11H14BrNO2. The van der Waals surface area contributed by atoms with E-state index >= 15 is 0 Å². The highest BCUT2D eigenvalue weighted by Gasteiger charge is 2.09. The van der Waals surface area contributed by atoms with Crippen LogP contribution in [0.5, 0.6) is 0 Å². The lowest BCUT2D eigenvalue weighted by Crippen LogP contribution is -2.11. The SMILES string of the molecule is NC(CCCC(=O)O)c1ccccc1Br. The molecule has 0 amide bonds. The van der Waals surface area contributed by atoms with E-state index in [4.69, 9.17) is 10.8 Å². The number of carboxylic acids is 1. The largest absolute Gasteiger partial charge is 0.481 e. The lowest BCUT2D eigenvalue weighted by molar-refractivity contribution is -0.137. The van der Waals surface area contributed by atoms with Crippen LogP contribution in [0.4, 0.5) is 0 Å². The van der Waals surface area contributed by atoms with E-state index in [0.717, 1.165) is 10.0 Å². The topological polar surface area (TPSA) is 63.3 Å². The van der Waals surface area contributed by atoms with E-state index in [1.165, 1.54) is 0 Å². The van der Waals surface area contributed by atoms with Crippen LogP contribution in [-0.4, -0.2) is 11.1 Å². The zero-order valence-corrected chi connectivity index (χ0v) is 9.90. The van der Waals surface area contributed by atoms with Crippen LogP contribution in [0.3, 0.4) is 0 Å². The summed E-state index contributed by atoms with van der Waals surface area (Å²) in [7, 11) is 0. The van der Waals surface area contributed by atoms with Gasteiger partial charge in [-0.05, 0) is 24.5 Å². The van der Waals surface area contributed by atoms with E-state index in [1.807, 2.05) is 24.3 Å². The molecule has 1 aromatic rings. The van der Waals surface area contributed by atoms with E-state index in [-0.39, 0.29) is 12.5 Å². The summed E-state index contributed by atoms with van der Waals surface area (Å²) in [4.78, 5) is 10.3. The number of rotatable bonds is 5. The number of nitrogens with two attached hydrogens (primary N) is 1. The van der Waals surface area contributed by atoms with Gasteiger partial charge >= 0.3 is 5.97 Å². The van der Waals surface area contributed by atoms with Crippen molar-refractivity contribution in [3.05, 3.63) is 34.3 Å². The summed E-state index contributed by atoms with van der Waals surface area (Å²) < 4.78 is 0.979. The molecule has 0 fully saturated rings. The molecule has 1 unspecified atom stereocenters. The first-order valence-electron chi connectivity index (χ1n) is 4.83. The Balaban J connectivity index is 2.50. The standard InChI is InChI=1S/C11H14BrNO2/c12-9-5-2-1-4-8(9)10(13)6-3-7-11(14)15/h1-2,4-5,10H,3,6-7,13H2,(H,14,15). The van der Waals surface area contributed by atoms with Gasteiger partial charge in [-0.1, -0.05) is 34.1 Å². The molecule has 0 saturated heterocycles. The van der Waals surface area contributed by atoms with Gasteiger partial charge in [0.1, 0.15) is 0 Å². The number of aliphatic carboxylic acids is 1. The van der Waals surface area contributed by atoms with Gasteiger partial charge in [-0.2, -0.15) is 0 Å². The van der Waals surface area contributed by atoms with E-state index in [2.05, 4.69) is 15.9 Å². The molecule has 0 bridgehead atoms. The van der Waals surface area contributed by atoms with E-state index in [0.29, 0.717) is 12.8 Å². The lowest BCUT2D eigenvalue weighted by Gasteiger charge is -2.12. The summed E-state index contributed by atoms with van der Waals surface area (Å²) in [6, 6.07) is 7.65. The third-order valence-corrected chi connectivity index (χ3v) is 2.93. The second kappa shape index (κ2) is 5.88. The third kappa shape index (κ3) is 4.01. The van der Waals surface area contributed by atoms with Crippen molar-refractivity contribution in [2.24, 2.45) is 5.73 Å². The van der Waals surface area contributed by atoms with Crippen LogP contribution in [0.2, 0.25) is 0 Å². The van der Waals surface area contributed by atoms with Crippen LogP contribution >= 0.6 is 15.9 Å². The van der Waals surface area contributed by atoms with Crippen LogP contribution in [0.25, 0.3) is 0 Å². The molecule has 0 aliphatic heterocycles. The van der Waals surface area contributed by atoms with Crippen molar-refractivity contribution in [1.82, 2.24) is 0 Å². The fraction of sp³-hybridized carbons (Fsp3) is 0.364. The lowest BCUT2D eigenvalue weighted by atomic mass is 10.0. The first-order valence-corrected chi connectivity index (χ1v) is 5.62. The van der Waals surface area contributed by atoms with Crippen molar-refractivity contribution < 1.29 is 9.90 Å². The second-order valence-electron chi connectivity index (χ2n) is 3.41. The van der Waals surface area contributed by atoms with Gasteiger partial charge < -0.3 is 10.8 Å². The van der Waals surface area contributed by atoms with Crippen molar-refractivity contribution >= 4 is 21.9 Å². The predicted octanol–water partition coefficient (Wildman–Crippen LogP) is 2.70. The molecule has 82 valence electrons. The molecule has 15 heavy (non-hydrogen) atoms. The number of carbonyl (C=O) groups is 1.